The number of carbonyl (C=O) groups is 2. The summed E-state index contributed by atoms with van der Waals surface area (Å²) in [4.78, 5) is 29.5. The monoisotopic (exact) mass is 281 g/mol. The smallest absolute Gasteiger partial charge is 0.325 e. The number of aromatic nitrogens is 1. The summed E-state index contributed by atoms with van der Waals surface area (Å²) in [7, 11) is 0. The summed E-state index contributed by atoms with van der Waals surface area (Å²) in [6.45, 7) is 0.276. The van der Waals surface area contributed by atoms with Crippen molar-refractivity contribution >= 4 is 11.9 Å². The molecule has 5 heteroatoms. The molecule has 3 amide bonds. The van der Waals surface area contributed by atoms with Crippen molar-refractivity contribution in [2.75, 3.05) is 0 Å². The SMILES string of the molecule is O=C1NC(Cc2ccccc2)C(=O)N1Cc1ccncc1. The topological polar surface area (TPSA) is 62.3 Å². The summed E-state index contributed by atoms with van der Waals surface area (Å²) in [5.41, 5.74) is 1.91. The summed E-state index contributed by atoms with van der Waals surface area (Å²) < 4.78 is 0. The van der Waals surface area contributed by atoms with Crippen LogP contribution in [0.5, 0.6) is 0 Å². The molecule has 3 rings (SSSR count). The van der Waals surface area contributed by atoms with Gasteiger partial charge < -0.3 is 5.32 Å². The molecule has 0 bridgehead atoms. The number of rotatable bonds is 4. The molecule has 2 heterocycles. The van der Waals surface area contributed by atoms with Gasteiger partial charge in [0.15, 0.2) is 0 Å². The molecule has 1 aromatic heterocycles. The fourth-order valence-electron chi connectivity index (χ4n) is 2.39. The molecule has 1 saturated heterocycles. The fourth-order valence-corrected chi connectivity index (χ4v) is 2.39. The third-order valence-corrected chi connectivity index (χ3v) is 3.48. The van der Waals surface area contributed by atoms with Gasteiger partial charge in [-0.1, -0.05) is 30.3 Å². The Morgan fingerprint density at radius 3 is 2.43 bits per heavy atom. The number of benzene rings is 1. The van der Waals surface area contributed by atoms with E-state index in [0.717, 1.165) is 11.1 Å². The third kappa shape index (κ3) is 2.91. The normalized spacial score (nSPS) is 17.9. The zero-order valence-corrected chi connectivity index (χ0v) is 11.4. The van der Waals surface area contributed by atoms with Crippen molar-refractivity contribution in [3.05, 3.63) is 66.0 Å². The van der Waals surface area contributed by atoms with E-state index in [0.29, 0.717) is 6.42 Å². The third-order valence-electron chi connectivity index (χ3n) is 3.48. The van der Waals surface area contributed by atoms with Crippen LogP contribution in [0.4, 0.5) is 4.79 Å². The molecule has 5 nitrogen and oxygen atoms in total. The first-order chi connectivity index (χ1) is 10.2. The van der Waals surface area contributed by atoms with Gasteiger partial charge in [-0.25, -0.2) is 4.79 Å². The Morgan fingerprint density at radius 2 is 1.71 bits per heavy atom. The van der Waals surface area contributed by atoms with Crippen LogP contribution in [0.2, 0.25) is 0 Å². The Hall–Kier alpha value is -2.69. The van der Waals surface area contributed by atoms with Gasteiger partial charge in [-0.3, -0.25) is 14.7 Å². The van der Waals surface area contributed by atoms with Crippen molar-refractivity contribution in [2.24, 2.45) is 0 Å². The highest BCUT2D eigenvalue weighted by Crippen LogP contribution is 2.15. The van der Waals surface area contributed by atoms with Gasteiger partial charge in [-0.15, -0.1) is 0 Å². The van der Waals surface area contributed by atoms with Crippen LogP contribution in [0.15, 0.2) is 54.9 Å². The van der Waals surface area contributed by atoms with Gasteiger partial charge in [0, 0.05) is 18.8 Å². The van der Waals surface area contributed by atoms with Crippen molar-refractivity contribution in [2.45, 2.75) is 19.0 Å². The average Bonchev–Trinajstić information content (AvgIpc) is 2.77. The van der Waals surface area contributed by atoms with E-state index in [2.05, 4.69) is 10.3 Å². The first-order valence-corrected chi connectivity index (χ1v) is 6.79. The second-order valence-corrected chi connectivity index (χ2v) is 4.97. The molecule has 2 aromatic rings. The predicted octanol–water partition coefficient (Wildman–Crippen LogP) is 1.74. The minimum Gasteiger partial charge on any atom is -0.325 e. The molecule has 1 aliphatic rings. The van der Waals surface area contributed by atoms with Crippen molar-refractivity contribution < 1.29 is 9.59 Å². The fraction of sp³-hybridized carbons (Fsp3) is 0.188. The largest absolute Gasteiger partial charge is 0.325 e. The highest BCUT2D eigenvalue weighted by Gasteiger charge is 2.37. The van der Waals surface area contributed by atoms with Crippen LogP contribution in [0.25, 0.3) is 0 Å². The summed E-state index contributed by atoms with van der Waals surface area (Å²) in [6.07, 6.45) is 3.81. The maximum absolute atomic E-state index is 12.4. The van der Waals surface area contributed by atoms with Gasteiger partial charge >= 0.3 is 6.03 Å². The lowest BCUT2D eigenvalue weighted by Crippen LogP contribution is -2.32. The lowest BCUT2D eigenvalue weighted by Gasteiger charge is -2.12. The molecular weight excluding hydrogens is 266 g/mol. The second kappa shape index (κ2) is 5.75. The van der Waals surface area contributed by atoms with E-state index in [1.54, 1.807) is 24.5 Å². The Morgan fingerprint density at radius 1 is 1.00 bits per heavy atom. The number of amides is 3. The maximum atomic E-state index is 12.4. The van der Waals surface area contributed by atoms with Crippen LogP contribution in [-0.2, 0) is 17.8 Å². The highest BCUT2D eigenvalue weighted by molar-refractivity contribution is 6.04. The highest BCUT2D eigenvalue weighted by atomic mass is 16.2. The Labute approximate surface area is 122 Å². The number of nitrogens with zero attached hydrogens (tertiary/aromatic N) is 2. The first kappa shape index (κ1) is 13.3. The molecule has 0 radical (unpaired) electrons. The molecule has 1 atom stereocenters. The van der Waals surface area contributed by atoms with E-state index in [-0.39, 0.29) is 18.5 Å². The molecule has 1 aliphatic heterocycles. The molecule has 1 unspecified atom stereocenters. The van der Waals surface area contributed by atoms with Crippen LogP contribution in [0, 0.1) is 0 Å². The van der Waals surface area contributed by atoms with Gasteiger partial charge in [-0.2, -0.15) is 0 Å². The minimum absolute atomic E-state index is 0.180. The zero-order chi connectivity index (χ0) is 14.7. The molecule has 21 heavy (non-hydrogen) atoms. The van der Waals surface area contributed by atoms with E-state index in [1.807, 2.05) is 30.3 Å². The molecule has 0 spiro atoms. The van der Waals surface area contributed by atoms with Gasteiger partial charge in [0.1, 0.15) is 6.04 Å². The lowest BCUT2D eigenvalue weighted by molar-refractivity contribution is -0.127. The van der Waals surface area contributed by atoms with Crippen molar-refractivity contribution in [1.82, 2.24) is 15.2 Å². The van der Waals surface area contributed by atoms with E-state index in [4.69, 9.17) is 0 Å². The molecule has 106 valence electrons. The van der Waals surface area contributed by atoms with Gasteiger partial charge in [-0.05, 0) is 23.3 Å². The second-order valence-electron chi connectivity index (χ2n) is 4.97. The number of urea groups is 1. The van der Waals surface area contributed by atoms with Crippen molar-refractivity contribution in [3.8, 4) is 0 Å². The average molecular weight is 281 g/mol. The van der Waals surface area contributed by atoms with Crippen LogP contribution in [0.3, 0.4) is 0 Å². The molecule has 1 fully saturated rings. The van der Waals surface area contributed by atoms with Crippen molar-refractivity contribution in [3.63, 3.8) is 0 Å². The first-order valence-electron chi connectivity index (χ1n) is 6.79. The van der Waals surface area contributed by atoms with E-state index in [9.17, 15) is 9.59 Å². The van der Waals surface area contributed by atoms with Crippen LogP contribution < -0.4 is 5.32 Å². The van der Waals surface area contributed by atoms with Gasteiger partial charge in [0.05, 0.1) is 6.54 Å². The summed E-state index contributed by atoms with van der Waals surface area (Å²) >= 11 is 0. The van der Waals surface area contributed by atoms with Gasteiger partial charge in [0.25, 0.3) is 5.91 Å². The number of imide groups is 1. The van der Waals surface area contributed by atoms with E-state index >= 15 is 0 Å². The van der Waals surface area contributed by atoms with E-state index in [1.165, 1.54) is 4.90 Å². The number of hydrogen-bond donors (Lipinski definition) is 1. The number of nitrogens with one attached hydrogen (secondary N) is 1. The summed E-state index contributed by atoms with van der Waals surface area (Å²) in [5.74, 6) is -0.180. The van der Waals surface area contributed by atoms with Crippen LogP contribution in [0.1, 0.15) is 11.1 Å². The van der Waals surface area contributed by atoms with Crippen LogP contribution >= 0.6 is 0 Å². The molecule has 0 saturated carbocycles. The molecule has 1 aromatic carbocycles. The molecule has 0 aliphatic carbocycles. The van der Waals surface area contributed by atoms with Crippen LogP contribution in [-0.4, -0.2) is 27.9 Å². The minimum atomic E-state index is -0.485. The van der Waals surface area contributed by atoms with E-state index < -0.39 is 6.04 Å². The summed E-state index contributed by atoms with van der Waals surface area (Å²) in [5, 5.41) is 2.74. The maximum Gasteiger partial charge on any atom is 0.325 e. The molecular formula is C16H15N3O2. The quantitative estimate of drug-likeness (QED) is 0.868. The number of pyridine rings is 1. The van der Waals surface area contributed by atoms with Gasteiger partial charge in [0.2, 0.25) is 0 Å². The summed E-state index contributed by atoms with van der Waals surface area (Å²) in [6, 6.07) is 12.4. The molecule has 1 N–H and O–H groups in total. The lowest BCUT2D eigenvalue weighted by atomic mass is 10.1. The van der Waals surface area contributed by atoms with Crippen molar-refractivity contribution in [1.29, 1.82) is 0 Å². The predicted molar refractivity (Wildman–Crippen MR) is 77.3 cm³/mol. The standard InChI is InChI=1S/C16H15N3O2/c20-15-14(10-12-4-2-1-3-5-12)18-16(21)19(15)11-13-6-8-17-9-7-13/h1-9,14H,10-11H2,(H,18,21). The Bertz CT molecular complexity index is 643. The number of carbonyl (C=O) groups excluding carboxylic acids is 2. The zero-order valence-electron chi connectivity index (χ0n) is 11.4. The Balaban J connectivity index is 1.70. The Kier molecular flexibility index (Phi) is 3.64. The number of hydrogen-bond acceptors (Lipinski definition) is 3.